The number of carbonyl (C=O) groups excluding carboxylic acids is 3. The van der Waals surface area contributed by atoms with Crippen LogP contribution in [0.4, 0.5) is 0 Å². The van der Waals surface area contributed by atoms with E-state index in [0.717, 1.165) is 0 Å². The molecule has 0 aliphatic carbocycles. The van der Waals surface area contributed by atoms with E-state index in [0.29, 0.717) is 16.7 Å². The maximum absolute atomic E-state index is 11.0. The molecule has 0 saturated heterocycles. The van der Waals surface area contributed by atoms with Gasteiger partial charge in [-0.1, -0.05) is 19.1 Å². The first-order chi connectivity index (χ1) is 11.0. The van der Waals surface area contributed by atoms with Crippen LogP contribution in [-0.2, 0) is 14.4 Å². The lowest BCUT2D eigenvalue weighted by molar-refractivity contribution is -0.114. The molecule has 0 aromatic rings. The Morgan fingerprint density at radius 3 is 1.58 bits per heavy atom. The molecule has 24 heavy (non-hydrogen) atoms. The van der Waals surface area contributed by atoms with E-state index in [2.05, 4.69) is 36.8 Å². The molecule has 0 amide bonds. The molecule has 0 aliphatic heterocycles. The first kappa shape index (κ1) is 25.8. The molecule has 3 nitrogen and oxygen atoms in total. The summed E-state index contributed by atoms with van der Waals surface area (Å²) in [5.74, 6) is 12.2. The molecule has 0 bridgehead atoms. The molecule has 0 radical (unpaired) electrons. The number of allylic oxidation sites excluding steroid dienone is 4. The lowest BCUT2D eigenvalue weighted by atomic mass is 10.1. The highest BCUT2D eigenvalue weighted by Crippen LogP contribution is 2.02. The van der Waals surface area contributed by atoms with Crippen LogP contribution in [0.5, 0.6) is 0 Å². The summed E-state index contributed by atoms with van der Waals surface area (Å²) in [5, 5.41) is 0. The van der Waals surface area contributed by atoms with Crippen LogP contribution in [0.25, 0.3) is 0 Å². The van der Waals surface area contributed by atoms with E-state index in [-0.39, 0.29) is 17.3 Å². The number of carbonyl (C=O) groups is 3. The second kappa shape index (κ2) is 16.3. The third-order valence-corrected chi connectivity index (χ3v) is 2.18. The zero-order valence-electron chi connectivity index (χ0n) is 15.2. The predicted molar refractivity (Wildman–Crippen MR) is 98.1 cm³/mol. The van der Waals surface area contributed by atoms with Gasteiger partial charge in [-0.15, -0.1) is 5.92 Å². The Labute approximate surface area is 145 Å². The molecule has 0 atom stereocenters. The van der Waals surface area contributed by atoms with Crippen molar-refractivity contribution in [3.05, 3.63) is 42.4 Å². The van der Waals surface area contributed by atoms with Crippen LogP contribution in [0.2, 0.25) is 0 Å². The summed E-state index contributed by atoms with van der Waals surface area (Å²) >= 11 is 0. The monoisotopic (exact) mass is 323 g/mol. The van der Waals surface area contributed by atoms with Gasteiger partial charge in [-0.3, -0.25) is 20.3 Å². The first-order valence-electron chi connectivity index (χ1n) is 6.91. The molecule has 0 spiro atoms. The van der Waals surface area contributed by atoms with Crippen molar-refractivity contribution in [2.45, 2.75) is 41.5 Å². The molecule has 0 aromatic carbocycles. The molecule has 0 rings (SSSR count). The maximum atomic E-state index is 11.0. The van der Waals surface area contributed by atoms with Crippen LogP contribution in [0.15, 0.2) is 36.0 Å². The van der Waals surface area contributed by atoms with Gasteiger partial charge in [0, 0.05) is 0 Å². The summed E-state index contributed by atoms with van der Waals surface area (Å²) in [6, 6.07) is 0. The normalized spacial score (nSPS) is 8.38. The van der Waals surface area contributed by atoms with Gasteiger partial charge in [-0.2, -0.15) is 5.92 Å². The summed E-state index contributed by atoms with van der Waals surface area (Å²) in [6.45, 7) is 16.1. The maximum Gasteiger partial charge on any atom is 0.169 e. The number of rotatable bonds is 3. The van der Waals surface area contributed by atoms with Crippen molar-refractivity contribution in [1.82, 2.24) is 0 Å². The average Bonchev–Trinajstić information content (AvgIpc) is 2.50. The molecular weight excluding hydrogens is 300 g/mol. The molecule has 126 valence electrons. The Morgan fingerprint density at radius 2 is 1.38 bits per heavy atom. The molecule has 0 unspecified atom stereocenters. The van der Waals surface area contributed by atoms with Gasteiger partial charge in [0.05, 0.1) is 5.57 Å². The Hall–Kier alpha value is -3.09. The number of hydrogen-bond acceptors (Lipinski definition) is 3. The van der Waals surface area contributed by atoms with E-state index in [1.807, 2.05) is 5.92 Å². The minimum Gasteiger partial charge on any atom is -0.358 e. The second-order valence-electron chi connectivity index (χ2n) is 4.46. The van der Waals surface area contributed by atoms with Crippen LogP contribution < -0.4 is 0 Å². The van der Waals surface area contributed by atoms with Gasteiger partial charge >= 0.3 is 0 Å². The van der Waals surface area contributed by atoms with Gasteiger partial charge in [0.2, 0.25) is 0 Å². The largest absolute Gasteiger partial charge is 0.358 e. The zero-order valence-corrected chi connectivity index (χ0v) is 15.2. The van der Waals surface area contributed by atoms with Gasteiger partial charge in [-0.25, -0.2) is 5.92 Å². The fourth-order valence-electron chi connectivity index (χ4n) is 0.758. The van der Waals surface area contributed by atoms with Crippen molar-refractivity contribution in [2.24, 2.45) is 0 Å². The minimum atomic E-state index is -0.105. The number of hydrogen-bond donors (Lipinski definition) is 0. The highest BCUT2D eigenvalue weighted by atomic mass is 16.1. The van der Waals surface area contributed by atoms with E-state index in [1.165, 1.54) is 26.8 Å². The third kappa shape index (κ3) is 18.9. The smallest absolute Gasteiger partial charge is 0.169 e. The van der Waals surface area contributed by atoms with Crippen LogP contribution in [0.1, 0.15) is 41.5 Å². The van der Waals surface area contributed by atoms with Crippen LogP contribution in [-0.4, -0.2) is 17.3 Å². The van der Waals surface area contributed by atoms with E-state index in [1.54, 1.807) is 20.8 Å². The van der Waals surface area contributed by atoms with Gasteiger partial charge in [0.25, 0.3) is 0 Å². The summed E-state index contributed by atoms with van der Waals surface area (Å²) in [5.41, 5.74) is 1.61. The van der Waals surface area contributed by atoms with Crippen molar-refractivity contribution < 1.29 is 14.4 Å². The quantitative estimate of drug-likeness (QED) is 0.454. The van der Waals surface area contributed by atoms with E-state index in [9.17, 15) is 14.4 Å². The van der Waals surface area contributed by atoms with Crippen LogP contribution in [0.3, 0.4) is 0 Å². The van der Waals surface area contributed by atoms with Gasteiger partial charge < -0.3 is 6.42 Å². The van der Waals surface area contributed by atoms with Gasteiger partial charge in [0.1, 0.15) is 0 Å². The Bertz CT molecular complexity index is 675. The first-order valence-corrected chi connectivity index (χ1v) is 6.91. The van der Waals surface area contributed by atoms with Crippen molar-refractivity contribution in [3.8, 4) is 29.6 Å². The molecule has 0 saturated carbocycles. The highest BCUT2D eigenvalue weighted by Gasteiger charge is 2.01. The predicted octanol–water partition coefficient (Wildman–Crippen LogP) is 3.42. The summed E-state index contributed by atoms with van der Waals surface area (Å²) < 4.78 is 0. The van der Waals surface area contributed by atoms with Crippen molar-refractivity contribution in [2.75, 3.05) is 0 Å². The van der Waals surface area contributed by atoms with E-state index >= 15 is 0 Å². The SMILES string of the molecule is C=C(C)C(C)=O.C=CC(C)=O.[C-]#CC#C/C(C)=C(\C#CC)C(C)=O. The lowest BCUT2D eigenvalue weighted by Gasteiger charge is -1.96. The van der Waals surface area contributed by atoms with E-state index in [4.69, 9.17) is 6.42 Å². The molecular formula is C21H23O3-. The fourth-order valence-corrected chi connectivity index (χ4v) is 0.758. The van der Waals surface area contributed by atoms with Crippen molar-refractivity contribution in [1.29, 1.82) is 0 Å². The summed E-state index contributed by atoms with van der Waals surface area (Å²) in [6.07, 6.45) is 7.86. The number of Topliss-reactive ketones (excluding diaryl/α,β-unsaturated/α-hetero) is 2. The lowest BCUT2D eigenvalue weighted by Crippen LogP contribution is -1.96. The van der Waals surface area contributed by atoms with Crippen LogP contribution >= 0.6 is 0 Å². The molecule has 0 fully saturated rings. The highest BCUT2D eigenvalue weighted by molar-refractivity contribution is 5.99. The number of ketones is 3. The average molecular weight is 323 g/mol. The van der Waals surface area contributed by atoms with Gasteiger partial charge in [-0.05, 0) is 58.8 Å². The zero-order chi connectivity index (χ0) is 19.7. The Morgan fingerprint density at radius 1 is 0.958 bits per heavy atom. The van der Waals surface area contributed by atoms with E-state index < -0.39 is 0 Å². The van der Waals surface area contributed by atoms with Crippen molar-refractivity contribution in [3.63, 3.8) is 0 Å². The fraction of sp³-hybridized carbons (Fsp3) is 0.286. The standard InChI is InChI=1S/C12H9O.C5H8O.C4H6O/c1-5-7-9-10(3)12(8-6-2)11(4)13;1-4(2)5(3)6;1-3-4(2)5/h2-4H3;1H2,2-3H3;3H,1H2,2H3/q-1;;/b12-10+;;. The second-order valence-corrected chi connectivity index (χ2v) is 4.46. The molecule has 3 heteroatoms. The van der Waals surface area contributed by atoms with Crippen molar-refractivity contribution >= 4 is 17.3 Å². The van der Waals surface area contributed by atoms with Gasteiger partial charge in [0.15, 0.2) is 17.3 Å². The Balaban J connectivity index is -0.000000332. The summed E-state index contributed by atoms with van der Waals surface area (Å²) in [4.78, 5) is 30.8. The molecule has 0 aromatic heterocycles. The minimum absolute atomic E-state index is 0.0185. The molecule has 0 aliphatic rings. The summed E-state index contributed by atoms with van der Waals surface area (Å²) in [7, 11) is 0. The topological polar surface area (TPSA) is 51.2 Å². The molecule has 0 N–H and O–H groups in total. The Kier molecular flexibility index (Phi) is 17.5. The molecule has 0 heterocycles. The third-order valence-electron chi connectivity index (χ3n) is 2.18. The van der Waals surface area contributed by atoms with Crippen LogP contribution in [0, 0.1) is 36.0 Å².